The maximum absolute atomic E-state index is 11.1. The Morgan fingerprint density at radius 1 is 0.778 bits per heavy atom. The smallest absolute Gasteiger partial charge is 0.334 e. The summed E-state index contributed by atoms with van der Waals surface area (Å²) in [6.45, 7) is 6.76. The van der Waals surface area contributed by atoms with Crippen LogP contribution in [-0.2, 0) is 23.2 Å². The summed E-state index contributed by atoms with van der Waals surface area (Å²) in [4.78, 5) is 35.7. The van der Waals surface area contributed by atoms with E-state index in [-0.39, 0.29) is 19.6 Å². The zero-order valence-electron chi connectivity index (χ0n) is 16.3. The fourth-order valence-electron chi connectivity index (χ4n) is 2.76. The molecule has 0 fully saturated rings. The highest BCUT2D eigenvalue weighted by Gasteiger charge is 2.30. The molecule has 0 spiro atoms. The molecule has 0 aromatic rings. The van der Waals surface area contributed by atoms with Crippen molar-refractivity contribution in [2.24, 2.45) is 0 Å². The maximum atomic E-state index is 11.1. The van der Waals surface area contributed by atoms with Crippen molar-refractivity contribution in [1.29, 1.82) is 0 Å². The molecule has 0 saturated carbocycles. The van der Waals surface area contributed by atoms with E-state index in [2.05, 4.69) is 0 Å². The summed E-state index contributed by atoms with van der Waals surface area (Å²) in [5, 5.41) is 26.8. The van der Waals surface area contributed by atoms with Crippen LogP contribution in [0.1, 0.15) is 20.3 Å². The van der Waals surface area contributed by atoms with Gasteiger partial charge in [0, 0.05) is 26.3 Å². The average molecular weight is 409 g/mol. The Hall–Kier alpha value is -1.53. The van der Waals surface area contributed by atoms with E-state index in [1.165, 1.54) is 4.90 Å². The number of carbonyl (C=O) groups is 3. The Morgan fingerprint density at radius 3 is 1.59 bits per heavy atom. The van der Waals surface area contributed by atoms with Crippen LogP contribution in [0.25, 0.3) is 0 Å². The van der Waals surface area contributed by atoms with Crippen LogP contribution in [0, 0.1) is 0 Å². The second kappa shape index (κ2) is 13.6. The first-order chi connectivity index (χ1) is 12.6. The van der Waals surface area contributed by atoms with E-state index in [0.717, 1.165) is 0 Å². The molecule has 0 amide bonds. The van der Waals surface area contributed by atoms with Gasteiger partial charge in [0.15, 0.2) is 0 Å². The summed E-state index contributed by atoms with van der Waals surface area (Å²) >= 11 is 0. The van der Waals surface area contributed by atoms with Gasteiger partial charge < -0.3 is 24.2 Å². The lowest BCUT2D eigenvalue weighted by atomic mass is 10.3. The third kappa shape index (κ3) is 13.3. The molecule has 3 N–H and O–H groups in total. The molecule has 0 aliphatic heterocycles. The largest absolute Gasteiger partial charge is 0.480 e. The Bertz CT molecular complexity index is 455. The van der Waals surface area contributed by atoms with Crippen molar-refractivity contribution in [2.45, 2.75) is 32.9 Å². The molecule has 0 heterocycles. The Labute approximate surface area is 160 Å². The number of hydrogen-bond donors (Lipinski definition) is 3. The van der Waals surface area contributed by atoms with E-state index in [1.54, 1.807) is 4.90 Å². The number of hydrogen-bond acceptors (Lipinski definition) is 7. The molecular weight excluding hydrogens is 376 g/mol. The summed E-state index contributed by atoms with van der Waals surface area (Å²) < 4.78 is 11.5. The fourth-order valence-corrected chi connectivity index (χ4v) is 5.15. The standard InChI is InChI=1S/C16H32N2O8Si/c1-4-25-27(3,26-5-2)10-6-7-17(11-14(19)20)8-9-18(12-15(21)22)13-16(23)24/h4-13H2,1-3H3,(H,19,20)(H,21,22)(H,23,24). The molecule has 0 aliphatic rings. The highest BCUT2D eigenvalue weighted by molar-refractivity contribution is 6.66. The lowest BCUT2D eigenvalue weighted by Crippen LogP contribution is -2.43. The van der Waals surface area contributed by atoms with E-state index < -0.39 is 39.6 Å². The molecule has 0 bridgehead atoms. The quantitative estimate of drug-likeness (QED) is 0.290. The third-order valence-corrected chi connectivity index (χ3v) is 6.87. The van der Waals surface area contributed by atoms with E-state index in [9.17, 15) is 14.4 Å². The third-order valence-electron chi connectivity index (χ3n) is 3.81. The Balaban J connectivity index is 4.70. The molecule has 10 nitrogen and oxygen atoms in total. The minimum absolute atomic E-state index is 0.150. The first-order valence-corrected chi connectivity index (χ1v) is 11.5. The molecule has 27 heavy (non-hydrogen) atoms. The van der Waals surface area contributed by atoms with Gasteiger partial charge in [0.1, 0.15) is 0 Å². The molecule has 158 valence electrons. The summed E-state index contributed by atoms with van der Waals surface area (Å²) in [6.07, 6.45) is 0.674. The molecular formula is C16H32N2O8Si. The van der Waals surface area contributed by atoms with Gasteiger partial charge in [-0.05, 0) is 39.4 Å². The lowest BCUT2D eigenvalue weighted by molar-refractivity contribution is -0.143. The van der Waals surface area contributed by atoms with Crippen LogP contribution >= 0.6 is 0 Å². The van der Waals surface area contributed by atoms with Crippen molar-refractivity contribution >= 4 is 26.5 Å². The molecule has 0 saturated heterocycles. The van der Waals surface area contributed by atoms with Gasteiger partial charge in [0.05, 0.1) is 19.6 Å². The van der Waals surface area contributed by atoms with Crippen LogP contribution in [0.3, 0.4) is 0 Å². The lowest BCUT2D eigenvalue weighted by Gasteiger charge is -2.28. The second-order valence-corrected chi connectivity index (χ2v) is 9.62. The second-order valence-electron chi connectivity index (χ2n) is 6.27. The van der Waals surface area contributed by atoms with Crippen molar-refractivity contribution in [3.05, 3.63) is 0 Å². The molecule has 0 unspecified atom stereocenters. The first kappa shape index (κ1) is 25.5. The molecule has 0 aliphatic carbocycles. The van der Waals surface area contributed by atoms with Crippen molar-refractivity contribution < 1.29 is 38.6 Å². The highest BCUT2D eigenvalue weighted by atomic mass is 28.4. The Kier molecular flexibility index (Phi) is 12.8. The summed E-state index contributed by atoms with van der Waals surface area (Å²) in [7, 11) is -2.28. The average Bonchev–Trinajstić information content (AvgIpc) is 2.51. The topological polar surface area (TPSA) is 137 Å². The van der Waals surface area contributed by atoms with Crippen LogP contribution in [0.15, 0.2) is 0 Å². The van der Waals surface area contributed by atoms with E-state index in [1.807, 2.05) is 20.4 Å². The first-order valence-electron chi connectivity index (χ1n) is 8.99. The summed E-state index contributed by atoms with van der Waals surface area (Å²) in [5.74, 6) is -3.25. The fraction of sp³-hybridized carbons (Fsp3) is 0.812. The van der Waals surface area contributed by atoms with Gasteiger partial charge >= 0.3 is 26.5 Å². The van der Waals surface area contributed by atoms with Gasteiger partial charge in [-0.15, -0.1) is 0 Å². The molecule has 0 aromatic carbocycles. The number of carboxylic acid groups (broad SMARTS) is 3. The summed E-state index contributed by atoms with van der Waals surface area (Å²) in [6, 6.07) is 0.707. The van der Waals surface area contributed by atoms with Gasteiger partial charge in [-0.1, -0.05) is 0 Å². The predicted molar refractivity (Wildman–Crippen MR) is 100 cm³/mol. The van der Waals surface area contributed by atoms with Gasteiger partial charge in [0.25, 0.3) is 0 Å². The highest BCUT2D eigenvalue weighted by Crippen LogP contribution is 2.16. The molecule has 0 radical (unpaired) electrons. The SMILES string of the molecule is CCO[Si](C)(CCCN(CCN(CC(=O)O)CC(=O)O)CC(=O)O)OCC. The van der Waals surface area contributed by atoms with E-state index in [4.69, 9.17) is 24.2 Å². The van der Waals surface area contributed by atoms with Crippen molar-refractivity contribution in [1.82, 2.24) is 9.80 Å². The van der Waals surface area contributed by atoms with E-state index >= 15 is 0 Å². The zero-order valence-corrected chi connectivity index (χ0v) is 17.3. The Morgan fingerprint density at radius 2 is 1.19 bits per heavy atom. The maximum Gasteiger partial charge on any atom is 0.334 e. The van der Waals surface area contributed by atoms with E-state index in [0.29, 0.717) is 32.2 Å². The minimum Gasteiger partial charge on any atom is -0.480 e. The van der Waals surface area contributed by atoms with Gasteiger partial charge in [0.2, 0.25) is 0 Å². The zero-order chi connectivity index (χ0) is 20.9. The number of rotatable bonds is 17. The van der Waals surface area contributed by atoms with Crippen molar-refractivity contribution in [3.63, 3.8) is 0 Å². The summed E-state index contributed by atoms with van der Waals surface area (Å²) in [5.41, 5.74) is 0. The van der Waals surface area contributed by atoms with Crippen molar-refractivity contribution in [2.75, 3.05) is 52.5 Å². The van der Waals surface area contributed by atoms with Crippen LogP contribution in [0.4, 0.5) is 0 Å². The van der Waals surface area contributed by atoms with Crippen LogP contribution in [0.5, 0.6) is 0 Å². The number of carboxylic acids is 3. The van der Waals surface area contributed by atoms with Gasteiger partial charge in [-0.3, -0.25) is 24.2 Å². The van der Waals surface area contributed by atoms with Crippen LogP contribution in [-0.4, -0.2) is 104 Å². The van der Waals surface area contributed by atoms with Gasteiger partial charge in [-0.25, -0.2) is 0 Å². The minimum atomic E-state index is -2.28. The van der Waals surface area contributed by atoms with Crippen LogP contribution < -0.4 is 0 Å². The predicted octanol–water partition coefficient (Wildman–Crippen LogP) is 0.379. The van der Waals surface area contributed by atoms with Gasteiger partial charge in [-0.2, -0.15) is 0 Å². The molecule has 0 atom stereocenters. The monoisotopic (exact) mass is 408 g/mol. The van der Waals surface area contributed by atoms with Crippen LogP contribution in [0.2, 0.25) is 12.6 Å². The number of nitrogens with zero attached hydrogens (tertiary/aromatic N) is 2. The van der Waals surface area contributed by atoms with Crippen molar-refractivity contribution in [3.8, 4) is 0 Å². The normalized spacial score (nSPS) is 11.9. The molecule has 0 aromatic heterocycles. The molecule has 0 rings (SSSR count). The molecule has 11 heteroatoms. The number of aliphatic carboxylic acids is 3.